The van der Waals surface area contributed by atoms with E-state index in [0.29, 0.717) is 38.4 Å². The Morgan fingerprint density at radius 3 is 2.56 bits per heavy atom. The first-order chi connectivity index (χ1) is 12.8. The minimum absolute atomic E-state index is 0.101. The fraction of sp³-hybridized carbons (Fsp3) is 0.438. The van der Waals surface area contributed by atoms with E-state index in [4.69, 9.17) is 0 Å². The molecule has 11 heteroatoms. The van der Waals surface area contributed by atoms with Crippen molar-refractivity contribution in [1.82, 2.24) is 14.9 Å². The number of nitrogens with one attached hydrogen (secondary N) is 2. The molecule has 10 nitrogen and oxygen atoms in total. The van der Waals surface area contributed by atoms with Crippen molar-refractivity contribution in [3.8, 4) is 0 Å². The summed E-state index contributed by atoms with van der Waals surface area (Å²) >= 11 is 0. The third-order valence-corrected chi connectivity index (χ3v) is 5.66. The average molecular weight is 397 g/mol. The van der Waals surface area contributed by atoms with Gasteiger partial charge in [0.25, 0.3) is 5.69 Å². The molecule has 27 heavy (non-hydrogen) atoms. The molecular weight excluding hydrogens is 374 g/mol. The minimum Gasteiger partial charge on any atom is -0.363 e. The highest BCUT2D eigenvalue weighted by atomic mass is 32.2. The maximum Gasteiger partial charge on any atom is 0.293 e. The molecule has 0 bridgehead atoms. The highest BCUT2D eigenvalue weighted by Crippen LogP contribution is 2.31. The fourth-order valence-electron chi connectivity index (χ4n) is 2.79. The second-order valence-electron chi connectivity index (χ2n) is 5.97. The molecule has 0 aromatic heterocycles. The van der Waals surface area contributed by atoms with E-state index in [0.717, 1.165) is 6.07 Å². The van der Waals surface area contributed by atoms with Crippen LogP contribution in [0.1, 0.15) is 0 Å². The molecule has 1 amide bonds. The van der Waals surface area contributed by atoms with Crippen molar-refractivity contribution in [3.05, 3.63) is 41.0 Å². The number of benzene rings is 1. The van der Waals surface area contributed by atoms with Gasteiger partial charge in [-0.1, -0.05) is 6.08 Å². The Hall–Kier alpha value is -2.50. The van der Waals surface area contributed by atoms with Gasteiger partial charge in [0.15, 0.2) is 0 Å². The van der Waals surface area contributed by atoms with Gasteiger partial charge < -0.3 is 10.2 Å². The van der Waals surface area contributed by atoms with Gasteiger partial charge in [-0.2, -0.15) is 0 Å². The Morgan fingerprint density at radius 1 is 1.33 bits per heavy atom. The number of amides is 1. The van der Waals surface area contributed by atoms with Crippen molar-refractivity contribution in [3.63, 3.8) is 0 Å². The highest BCUT2D eigenvalue weighted by molar-refractivity contribution is 7.89. The molecule has 1 aromatic carbocycles. The number of hydrogen-bond acceptors (Lipinski definition) is 7. The van der Waals surface area contributed by atoms with E-state index in [9.17, 15) is 23.3 Å². The van der Waals surface area contributed by atoms with Gasteiger partial charge in [-0.15, -0.1) is 6.58 Å². The van der Waals surface area contributed by atoms with Crippen molar-refractivity contribution >= 4 is 27.3 Å². The van der Waals surface area contributed by atoms with Crippen LogP contribution in [0, 0.1) is 10.1 Å². The molecule has 1 aliphatic rings. The minimum atomic E-state index is -3.76. The number of carbonyl (C=O) groups is 1. The lowest BCUT2D eigenvalue weighted by Gasteiger charge is -2.35. The van der Waals surface area contributed by atoms with Gasteiger partial charge in [-0.3, -0.25) is 19.8 Å². The number of anilines is 1. The first kappa shape index (κ1) is 20.8. The van der Waals surface area contributed by atoms with E-state index in [1.165, 1.54) is 19.2 Å². The molecule has 1 saturated heterocycles. The van der Waals surface area contributed by atoms with Crippen molar-refractivity contribution in [2.45, 2.75) is 4.90 Å². The molecule has 1 heterocycles. The Bertz CT molecular complexity index is 818. The second kappa shape index (κ2) is 8.93. The van der Waals surface area contributed by atoms with Crippen LogP contribution in [0.3, 0.4) is 0 Å². The zero-order valence-electron chi connectivity index (χ0n) is 15.1. The summed E-state index contributed by atoms with van der Waals surface area (Å²) in [6, 6.07) is 3.87. The summed E-state index contributed by atoms with van der Waals surface area (Å²) in [6.07, 6.45) is 1.60. The van der Waals surface area contributed by atoms with Crippen molar-refractivity contribution in [1.29, 1.82) is 0 Å². The molecule has 1 aliphatic heterocycles. The summed E-state index contributed by atoms with van der Waals surface area (Å²) in [5.74, 6) is -0.101. The van der Waals surface area contributed by atoms with Crippen molar-refractivity contribution < 1.29 is 18.1 Å². The smallest absolute Gasteiger partial charge is 0.293 e. The number of nitro groups is 1. The standard InChI is InChI=1S/C16H23N5O5S/c1-3-6-18-16(22)12-19-7-9-20(10-8-19)14-5-4-13(27(25,26)17-2)11-15(14)21(23)24/h3-5,11,17H,1,6-10,12H2,2H3,(H,18,22). The maximum absolute atomic E-state index is 11.9. The maximum atomic E-state index is 11.9. The van der Waals surface area contributed by atoms with Crippen LogP contribution in [-0.4, -0.2) is 70.5 Å². The molecule has 1 aromatic rings. The zero-order chi connectivity index (χ0) is 20.0. The van der Waals surface area contributed by atoms with Crippen LogP contribution in [0.2, 0.25) is 0 Å². The van der Waals surface area contributed by atoms with Crippen LogP contribution in [0.15, 0.2) is 35.7 Å². The molecule has 0 spiro atoms. The Labute approximate surface area is 158 Å². The molecule has 0 radical (unpaired) electrons. The van der Waals surface area contributed by atoms with Crippen molar-refractivity contribution in [2.75, 3.05) is 51.2 Å². The van der Waals surface area contributed by atoms with Crippen LogP contribution >= 0.6 is 0 Å². The third-order valence-electron chi connectivity index (χ3n) is 4.25. The van der Waals surface area contributed by atoms with Crippen LogP contribution in [0.25, 0.3) is 0 Å². The van der Waals surface area contributed by atoms with Crippen LogP contribution in [0.4, 0.5) is 11.4 Å². The predicted octanol–water partition coefficient (Wildman–Crippen LogP) is -0.0729. The van der Waals surface area contributed by atoms with Gasteiger partial charge in [-0.25, -0.2) is 13.1 Å². The van der Waals surface area contributed by atoms with E-state index in [1.807, 2.05) is 9.80 Å². The summed E-state index contributed by atoms with van der Waals surface area (Å²) < 4.78 is 25.9. The normalized spacial score (nSPS) is 15.4. The molecule has 148 valence electrons. The van der Waals surface area contributed by atoms with Gasteiger partial charge in [0.2, 0.25) is 15.9 Å². The van der Waals surface area contributed by atoms with Gasteiger partial charge in [0.05, 0.1) is 16.4 Å². The lowest BCUT2D eigenvalue weighted by Crippen LogP contribution is -2.49. The van der Waals surface area contributed by atoms with Crippen LogP contribution in [0.5, 0.6) is 0 Å². The number of nitrogens with zero attached hydrogens (tertiary/aromatic N) is 3. The van der Waals surface area contributed by atoms with E-state index < -0.39 is 14.9 Å². The van der Waals surface area contributed by atoms with Crippen molar-refractivity contribution in [2.24, 2.45) is 0 Å². The Kier molecular flexibility index (Phi) is 6.88. The van der Waals surface area contributed by atoms with E-state index in [1.54, 1.807) is 6.08 Å². The van der Waals surface area contributed by atoms with E-state index >= 15 is 0 Å². The fourth-order valence-corrected chi connectivity index (χ4v) is 3.54. The third kappa shape index (κ3) is 5.25. The lowest BCUT2D eigenvalue weighted by molar-refractivity contribution is -0.384. The number of sulfonamides is 1. The SMILES string of the molecule is C=CCNC(=O)CN1CCN(c2ccc(S(=O)(=O)NC)cc2[N+](=O)[O-])CC1. The van der Waals surface area contributed by atoms with E-state index in [-0.39, 0.29) is 23.0 Å². The Balaban J connectivity index is 2.10. The van der Waals surface area contributed by atoms with Gasteiger partial charge in [-0.05, 0) is 19.2 Å². The second-order valence-corrected chi connectivity index (χ2v) is 7.86. The number of hydrogen-bond donors (Lipinski definition) is 2. The summed E-state index contributed by atoms with van der Waals surface area (Å²) in [5.41, 5.74) is 0.106. The number of nitro benzene ring substituents is 1. The number of rotatable bonds is 8. The molecule has 0 aliphatic carbocycles. The Morgan fingerprint density at radius 2 is 2.00 bits per heavy atom. The van der Waals surface area contributed by atoms with Gasteiger partial charge in [0.1, 0.15) is 5.69 Å². The number of carbonyl (C=O) groups excluding carboxylic acids is 1. The first-order valence-corrected chi connectivity index (χ1v) is 9.83. The average Bonchev–Trinajstić information content (AvgIpc) is 2.66. The molecule has 0 saturated carbocycles. The number of piperazine rings is 1. The topological polar surface area (TPSA) is 125 Å². The largest absolute Gasteiger partial charge is 0.363 e. The quantitative estimate of drug-likeness (QED) is 0.357. The molecule has 0 unspecified atom stereocenters. The summed E-state index contributed by atoms with van der Waals surface area (Å²) in [5, 5.41) is 14.1. The lowest BCUT2D eigenvalue weighted by atomic mass is 10.2. The zero-order valence-corrected chi connectivity index (χ0v) is 15.9. The van der Waals surface area contributed by atoms with Gasteiger partial charge >= 0.3 is 0 Å². The summed E-state index contributed by atoms with van der Waals surface area (Å²) in [7, 11) is -2.51. The monoisotopic (exact) mass is 397 g/mol. The molecule has 2 rings (SSSR count). The van der Waals surface area contributed by atoms with E-state index in [2.05, 4.69) is 16.6 Å². The van der Waals surface area contributed by atoms with Crippen LogP contribution in [-0.2, 0) is 14.8 Å². The highest BCUT2D eigenvalue weighted by Gasteiger charge is 2.26. The first-order valence-electron chi connectivity index (χ1n) is 8.35. The predicted molar refractivity (Wildman–Crippen MR) is 101 cm³/mol. The molecule has 0 atom stereocenters. The van der Waals surface area contributed by atoms with Crippen LogP contribution < -0.4 is 14.9 Å². The molecule has 2 N–H and O–H groups in total. The summed E-state index contributed by atoms with van der Waals surface area (Å²) in [4.78, 5) is 26.2. The summed E-state index contributed by atoms with van der Waals surface area (Å²) in [6.45, 7) is 6.32. The molecule has 1 fully saturated rings. The van der Waals surface area contributed by atoms with Gasteiger partial charge in [0, 0.05) is 38.8 Å². The molecular formula is C16H23N5O5S.